The van der Waals surface area contributed by atoms with E-state index in [4.69, 9.17) is 4.74 Å². The number of para-hydroxylation sites is 1. The van der Waals surface area contributed by atoms with Gasteiger partial charge in [0.25, 0.3) is 5.91 Å². The SMILES string of the molecule is Cn1ccnc1C(NC(=O)COc1ccccc1F)c1ccc(F)cc1. The smallest absolute Gasteiger partial charge is 0.258 e. The first-order valence-corrected chi connectivity index (χ1v) is 7.94. The second-order valence-corrected chi connectivity index (χ2v) is 5.67. The maximum Gasteiger partial charge on any atom is 0.258 e. The lowest BCUT2D eigenvalue weighted by molar-refractivity contribution is -0.123. The average Bonchev–Trinajstić information content (AvgIpc) is 3.05. The Morgan fingerprint density at radius 2 is 1.92 bits per heavy atom. The fraction of sp³-hybridized carbons (Fsp3) is 0.158. The summed E-state index contributed by atoms with van der Waals surface area (Å²) < 4.78 is 33.8. The van der Waals surface area contributed by atoms with E-state index in [-0.39, 0.29) is 18.2 Å². The van der Waals surface area contributed by atoms with Crippen LogP contribution in [0.15, 0.2) is 60.9 Å². The van der Waals surface area contributed by atoms with Gasteiger partial charge in [-0.05, 0) is 29.8 Å². The molecule has 1 N–H and O–H groups in total. The predicted octanol–water partition coefficient (Wildman–Crippen LogP) is 2.98. The lowest BCUT2D eigenvalue weighted by atomic mass is 10.1. The highest BCUT2D eigenvalue weighted by Gasteiger charge is 2.21. The normalized spacial score (nSPS) is 11.8. The summed E-state index contributed by atoms with van der Waals surface area (Å²) in [6.45, 7) is -0.358. The number of nitrogens with one attached hydrogen (secondary N) is 1. The minimum absolute atomic E-state index is 0.00188. The predicted molar refractivity (Wildman–Crippen MR) is 91.5 cm³/mol. The number of rotatable bonds is 6. The minimum atomic E-state index is -0.590. The molecule has 2 aromatic carbocycles. The van der Waals surface area contributed by atoms with Gasteiger partial charge in [0.05, 0.1) is 0 Å². The highest BCUT2D eigenvalue weighted by molar-refractivity contribution is 5.78. The molecule has 1 heterocycles. The zero-order chi connectivity index (χ0) is 18.5. The summed E-state index contributed by atoms with van der Waals surface area (Å²) in [6.07, 6.45) is 3.35. The van der Waals surface area contributed by atoms with Crippen molar-refractivity contribution in [3.05, 3.63) is 83.9 Å². The number of halogens is 2. The Kier molecular flexibility index (Phi) is 5.26. The van der Waals surface area contributed by atoms with Crippen molar-refractivity contribution in [2.75, 3.05) is 6.61 Å². The number of hydrogen-bond acceptors (Lipinski definition) is 3. The van der Waals surface area contributed by atoms with Crippen molar-refractivity contribution in [2.24, 2.45) is 7.05 Å². The number of ether oxygens (including phenoxy) is 1. The van der Waals surface area contributed by atoms with Crippen molar-refractivity contribution >= 4 is 5.91 Å². The monoisotopic (exact) mass is 357 g/mol. The van der Waals surface area contributed by atoms with Gasteiger partial charge in [-0.2, -0.15) is 0 Å². The standard InChI is InChI=1S/C19H17F2N3O2/c1-24-11-10-22-19(24)18(13-6-8-14(20)9-7-13)23-17(25)12-26-16-5-3-2-4-15(16)21/h2-11,18H,12H2,1H3,(H,23,25). The number of hydrogen-bond donors (Lipinski definition) is 1. The van der Waals surface area contributed by atoms with Gasteiger partial charge in [-0.3, -0.25) is 4.79 Å². The molecule has 1 unspecified atom stereocenters. The van der Waals surface area contributed by atoms with Crippen molar-refractivity contribution in [3.8, 4) is 5.75 Å². The highest BCUT2D eigenvalue weighted by Crippen LogP contribution is 2.21. The first-order chi connectivity index (χ1) is 12.5. The summed E-state index contributed by atoms with van der Waals surface area (Å²) >= 11 is 0. The van der Waals surface area contributed by atoms with Crippen LogP contribution in [0, 0.1) is 11.6 Å². The molecule has 0 aliphatic carbocycles. The first-order valence-electron chi connectivity index (χ1n) is 7.94. The van der Waals surface area contributed by atoms with Crippen molar-refractivity contribution in [1.29, 1.82) is 0 Å². The third-order valence-corrected chi connectivity index (χ3v) is 3.82. The van der Waals surface area contributed by atoms with Crippen LogP contribution in [-0.4, -0.2) is 22.1 Å². The summed E-state index contributed by atoms with van der Waals surface area (Å²) in [4.78, 5) is 16.6. The lowest BCUT2D eigenvalue weighted by Gasteiger charge is -2.19. The Morgan fingerprint density at radius 1 is 1.19 bits per heavy atom. The first kappa shape index (κ1) is 17.6. The molecule has 0 fully saturated rings. The van der Waals surface area contributed by atoms with Crippen molar-refractivity contribution < 1.29 is 18.3 Å². The number of aryl methyl sites for hydroxylation is 1. The molecule has 5 nitrogen and oxygen atoms in total. The van der Waals surface area contributed by atoms with Crippen LogP contribution in [0.2, 0.25) is 0 Å². The topological polar surface area (TPSA) is 56.2 Å². The number of aromatic nitrogens is 2. The van der Waals surface area contributed by atoms with Gasteiger partial charge in [-0.15, -0.1) is 0 Å². The van der Waals surface area contributed by atoms with Gasteiger partial charge in [-0.1, -0.05) is 24.3 Å². The molecular formula is C19H17F2N3O2. The maximum absolute atomic E-state index is 13.6. The Hall–Kier alpha value is -3.22. The summed E-state index contributed by atoms with van der Waals surface area (Å²) in [5, 5.41) is 2.79. The molecule has 1 aromatic heterocycles. The number of nitrogens with zero attached hydrogens (tertiary/aromatic N) is 2. The largest absolute Gasteiger partial charge is 0.481 e. The molecule has 0 aliphatic heterocycles. The van der Waals surface area contributed by atoms with Crippen LogP contribution in [0.25, 0.3) is 0 Å². The number of amides is 1. The summed E-state index contributed by atoms with van der Waals surface area (Å²) in [5.41, 5.74) is 0.667. The van der Waals surface area contributed by atoms with Crippen LogP contribution < -0.4 is 10.1 Å². The summed E-state index contributed by atoms with van der Waals surface area (Å²) in [7, 11) is 1.79. The fourth-order valence-electron chi connectivity index (χ4n) is 2.52. The highest BCUT2D eigenvalue weighted by atomic mass is 19.1. The Bertz CT molecular complexity index is 894. The van der Waals surface area contributed by atoms with Gasteiger partial charge >= 0.3 is 0 Å². The number of carbonyl (C=O) groups is 1. The van der Waals surface area contributed by atoms with Gasteiger partial charge < -0.3 is 14.6 Å². The molecule has 0 radical (unpaired) electrons. The lowest BCUT2D eigenvalue weighted by Crippen LogP contribution is -2.34. The maximum atomic E-state index is 13.6. The van der Waals surface area contributed by atoms with E-state index in [0.717, 1.165) is 0 Å². The van der Waals surface area contributed by atoms with E-state index in [9.17, 15) is 13.6 Å². The van der Waals surface area contributed by atoms with Gasteiger partial charge in [0.2, 0.25) is 0 Å². The number of benzene rings is 2. The number of carbonyl (C=O) groups excluding carboxylic acids is 1. The molecule has 26 heavy (non-hydrogen) atoms. The molecule has 0 saturated carbocycles. The Balaban J connectivity index is 1.75. The van der Waals surface area contributed by atoms with Crippen LogP contribution in [0.3, 0.4) is 0 Å². The molecule has 0 aliphatic rings. The van der Waals surface area contributed by atoms with Crippen LogP contribution in [0.5, 0.6) is 5.75 Å². The minimum Gasteiger partial charge on any atom is -0.481 e. The molecule has 7 heteroatoms. The van der Waals surface area contributed by atoms with E-state index < -0.39 is 17.8 Å². The second-order valence-electron chi connectivity index (χ2n) is 5.67. The number of imidazole rings is 1. The molecule has 0 bridgehead atoms. The average molecular weight is 357 g/mol. The molecule has 3 aromatic rings. The molecule has 3 rings (SSSR count). The quantitative estimate of drug-likeness (QED) is 0.738. The third kappa shape index (κ3) is 4.05. The van der Waals surface area contributed by atoms with E-state index >= 15 is 0 Å². The van der Waals surface area contributed by atoms with Crippen LogP contribution >= 0.6 is 0 Å². The van der Waals surface area contributed by atoms with Crippen molar-refractivity contribution in [1.82, 2.24) is 14.9 Å². The molecule has 134 valence electrons. The van der Waals surface area contributed by atoms with E-state index in [1.807, 2.05) is 0 Å². The zero-order valence-electron chi connectivity index (χ0n) is 14.0. The van der Waals surface area contributed by atoms with Crippen LogP contribution in [-0.2, 0) is 11.8 Å². The molecule has 1 amide bonds. The van der Waals surface area contributed by atoms with E-state index in [1.54, 1.807) is 42.2 Å². The fourth-order valence-corrected chi connectivity index (χ4v) is 2.52. The molecule has 1 atom stereocenters. The molecule has 0 spiro atoms. The Labute approximate surface area is 149 Å². The molecular weight excluding hydrogens is 340 g/mol. The van der Waals surface area contributed by atoms with Crippen LogP contribution in [0.1, 0.15) is 17.4 Å². The van der Waals surface area contributed by atoms with Crippen molar-refractivity contribution in [2.45, 2.75) is 6.04 Å². The summed E-state index contributed by atoms with van der Waals surface area (Å²) in [6, 6.07) is 11.0. The van der Waals surface area contributed by atoms with Gasteiger partial charge in [0, 0.05) is 19.4 Å². The van der Waals surface area contributed by atoms with E-state index in [0.29, 0.717) is 11.4 Å². The van der Waals surface area contributed by atoms with Gasteiger partial charge in [0.1, 0.15) is 17.7 Å². The van der Waals surface area contributed by atoms with Crippen molar-refractivity contribution in [3.63, 3.8) is 0 Å². The van der Waals surface area contributed by atoms with Gasteiger partial charge in [0.15, 0.2) is 18.2 Å². The Morgan fingerprint density at radius 3 is 2.58 bits per heavy atom. The zero-order valence-corrected chi connectivity index (χ0v) is 14.0. The van der Waals surface area contributed by atoms with Crippen LogP contribution in [0.4, 0.5) is 8.78 Å². The third-order valence-electron chi connectivity index (χ3n) is 3.82. The van der Waals surface area contributed by atoms with E-state index in [1.165, 1.54) is 30.3 Å². The summed E-state index contributed by atoms with van der Waals surface area (Å²) in [5.74, 6) is -0.791. The molecule has 0 saturated heterocycles. The van der Waals surface area contributed by atoms with E-state index in [2.05, 4.69) is 10.3 Å². The van der Waals surface area contributed by atoms with Gasteiger partial charge in [-0.25, -0.2) is 13.8 Å². The second kappa shape index (κ2) is 7.77.